The van der Waals surface area contributed by atoms with Gasteiger partial charge in [-0.15, -0.1) is 0 Å². The summed E-state index contributed by atoms with van der Waals surface area (Å²) in [6.45, 7) is 2.86. The molecule has 0 radical (unpaired) electrons. The fourth-order valence-corrected chi connectivity index (χ4v) is 5.07. The summed E-state index contributed by atoms with van der Waals surface area (Å²) in [5.74, 6) is -3.11. The molecule has 2 aliphatic heterocycles. The fraction of sp³-hybridized carbons (Fsp3) is 0.556. The first-order chi connectivity index (χ1) is 19.3. The van der Waals surface area contributed by atoms with Crippen LogP contribution in [0.4, 0.5) is 13.2 Å². The highest BCUT2D eigenvalue weighted by Gasteiger charge is 2.64. The van der Waals surface area contributed by atoms with E-state index in [9.17, 15) is 21.6 Å². The molecule has 2 saturated heterocycles. The van der Waals surface area contributed by atoms with Gasteiger partial charge in [-0.1, -0.05) is 60.7 Å². The van der Waals surface area contributed by atoms with Gasteiger partial charge < -0.3 is 33.2 Å². The quantitative estimate of drug-likeness (QED) is 0.276. The Hall–Kier alpha value is -2.14. The van der Waals surface area contributed by atoms with Crippen molar-refractivity contribution in [3.05, 3.63) is 71.8 Å². The van der Waals surface area contributed by atoms with E-state index in [1.807, 2.05) is 30.3 Å². The Balaban J connectivity index is 1.68. The minimum absolute atomic E-state index is 0.131. The second-order valence-electron chi connectivity index (χ2n) is 9.77. The Labute approximate surface area is 236 Å². The van der Waals surface area contributed by atoms with Gasteiger partial charge >= 0.3 is 15.6 Å². The number of rotatable bonds is 11. The Morgan fingerprint density at radius 1 is 0.829 bits per heavy atom. The van der Waals surface area contributed by atoms with Gasteiger partial charge in [-0.25, -0.2) is 4.18 Å². The molecule has 7 atom stereocenters. The van der Waals surface area contributed by atoms with E-state index in [0.29, 0.717) is 5.56 Å². The third-order valence-corrected chi connectivity index (χ3v) is 8.11. The molecular formula is C27H33F3O10S. The van der Waals surface area contributed by atoms with Crippen LogP contribution in [0.5, 0.6) is 0 Å². The summed E-state index contributed by atoms with van der Waals surface area (Å²) in [6, 6.07) is 17.8. The average molecular weight is 607 g/mol. The molecule has 10 nitrogen and oxygen atoms in total. The highest BCUT2D eigenvalue weighted by atomic mass is 32.2. The predicted octanol–water partition coefficient (Wildman–Crippen LogP) is 3.89. The van der Waals surface area contributed by atoms with Crippen molar-refractivity contribution in [2.45, 2.75) is 74.8 Å². The van der Waals surface area contributed by atoms with Gasteiger partial charge in [0, 0.05) is 14.2 Å². The molecule has 14 heteroatoms. The van der Waals surface area contributed by atoms with Crippen molar-refractivity contribution < 1.29 is 58.9 Å². The van der Waals surface area contributed by atoms with Crippen molar-refractivity contribution in [2.24, 2.45) is 0 Å². The van der Waals surface area contributed by atoms with Gasteiger partial charge in [0.1, 0.15) is 24.4 Å². The van der Waals surface area contributed by atoms with Gasteiger partial charge in [-0.05, 0) is 25.0 Å². The number of halogens is 3. The van der Waals surface area contributed by atoms with E-state index in [4.69, 9.17) is 33.2 Å². The van der Waals surface area contributed by atoms with Crippen molar-refractivity contribution >= 4 is 10.1 Å². The average Bonchev–Trinajstić information content (AvgIpc) is 2.94. The van der Waals surface area contributed by atoms with Crippen molar-refractivity contribution in [3.8, 4) is 0 Å². The Kier molecular flexibility index (Phi) is 9.78. The number of alkyl halides is 3. The van der Waals surface area contributed by atoms with E-state index in [1.54, 1.807) is 37.3 Å². The molecular weight excluding hydrogens is 573 g/mol. The Morgan fingerprint density at radius 2 is 1.34 bits per heavy atom. The van der Waals surface area contributed by atoms with Crippen molar-refractivity contribution in [1.29, 1.82) is 0 Å². The fourth-order valence-electron chi connectivity index (χ4n) is 4.56. The lowest BCUT2D eigenvalue weighted by Gasteiger charge is -2.57. The van der Waals surface area contributed by atoms with Crippen LogP contribution in [0.2, 0.25) is 0 Å². The zero-order chi connectivity index (χ0) is 29.9. The summed E-state index contributed by atoms with van der Waals surface area (Å²) in [7, 11) is -3.39. The van der Waals surface area contributed by atoms with Crippen LogP contribution < -0.4 is 0 Å². The zero-order valence-corrected chi connectivity index (χ0v) is 23.7. The van der Waals surface area contributed by atoms with Gasteiger partial charge in [0.2, 0.25) is 17.9 Å². The van der Waals surface area contributed by atoms with Crippen LogP contribution in [-0.4, -0.2) is 77.0 Å². The van der Waals surface area contributed by atoms with Crippen LogP contribution >= 0.6 is 0 Å². The summed E-state index contributed by atoms with van der Waals surface area (Å²) in [5.41, 5.74) is -4.23. The molecule has 0 saturated carbocycles. The standard InChI is InChI=1S/C27H33F3O10S/c1-25(33-3)26(2,34-4)39-22-21(38-25)20(17-35-15-18-11-7-5-8-12-18)37-24(40-41(31,32)27(28,29)30)23(22)36-16-19-13-9-6-10-14-19/h5-14,20-24H,15-17H2,1-4H3/t20-,21-,22+,23-,24-,25+,26+/m1/s1. The minimum atomic E-state index is -6.10. The molecule has 228 valence electrons. The Morgan fingerprint density at radius 3 is 1.85 bits per heavy atom. The van der Waals surface area contributed by atoms with E-state index >= 15 is 0 Å². The van der Waals surface area contributed by atoms with Gasteiger partial charge in [0.05, 0.1) is 19.8 Å². The topological polar surface area (TPSA) is 108 Å². The van der Waals surface area contributed by atoms with E-state index in [1.165, 1.54) is 21.1 Å². The van der Waals surface area contributed by atoms with Gasteiger partial charge in [-0.3, -0.25) is 0 Å². The highest BCUT2D eigenvalue weighted by molar-refractivity contribution is 7.87. The number of ether oxygens (including phenoxy) is 7. The summed E-state index contributed by atoms with van der Waals surface area (Å²) in [4.78, 5) is 0. The number of hydrogen-bond donors (Lipinski definition) is 0. The van der Waals surface area contributed by atoms with Gasteiger partial charge in [0.15, 0.2) is 0 Å². The maximum Gasteiger partial charge on any atom is 0.523 e. The molecule has 0 unspecified atom stereocenters. The first-order valence-electron chi connectivity index (χ1n) is 12.7. The van der Waals surface area contributed by atoms with Crippen molar-refractivity contribution in [3.63, 3.8) is 0 Å². The molecule has 2 aliphatic rings. The molecule has 2 aromatic rings. The lowest BCUT2D eigenvalue weighted by atomic mass is 9.94. The van der Waals surface area contributed by atoms with Crippen LogP contribution in [0.25, 0.3) is 0 Å². The molecule has 0 amide bonds. The summed E-state index contributed by atoms with van der Waals surface area (Å²) >= 11 is 0. The lowest BCUT2D eigenvalue weighted by Crippen LogP contribution is -2.73. The molecule has 2 aromatic carbocycles. The van der Waals surface area contributed by atoms with E-state index in [-0.39, 0.29) is 19.8 Å². The molecule has 2 heterocycles. The number of fused-ring (bicyclic) bond motifs is 1. The van der Waals surface area contributed by atoms with Gasteiger partial charge in [0.25, 0.3) is 0 Å². The first-order valence-corrected chi connectivity index (χ1v) is 14.1. The molecule has 2 fully saturated rings. The molecule has 0 bridgehead atoms. The normalized spacial score (nSPS) is 32.4. The molecule has 0 N–H and O–H groups in total. The minimum Gasteiger partial charge on any atom is -0.374 e. The zero-order valence-electron chi connectivity index (χ0n) is 22.9. The highest BCUT2D eigenvalue weighted by Crippen LogP contribution is 2.45. The van der Waals surface area contributed by atoms with E-state index in [2.05, 4.69) is 4.18 Å². The summed E-state index contributed by atoms with van der Waals surface area (Å²) < 4.78 is 110. The molecule has 0 spiro atoms. The SMILES string of the molecule is CO[C@@]1(C)O[C@@H]2[C@@H](OCc3ccccc3)[C@@H](OS(=O)(=O)C(F)(F)F)O[C@H](COCc3ccccc3)[C@H]2O[C@]1(C)OC. The van der Waals surface area contributed by atoms with Crippen molar-refractivity contribution in [2.75, 3.05) is 20.8 Å². The summed E-state index contributed by atoms with van der Waals surface area (Å²) in [5, 5.41) is 0. The lowest BCUT2D eigenvalue weighted by molar-refractivity contribution is -0.479. The van der Waals surface area contributed by atoms with Crippen LogP contribution in [0.3, 0.4) is 0 Å². The van der Waals surface area contributed by atoms with E-state index in [0.717, 1.165) is 5.56 Å². The van der Waals surface area contributed by atoms with Crippen LogP contribution in [0, 0.1) is 0 Å². The predicted molar refractivity (Wildman–Crippen MR) is 136 cm³/mol. The number of methoxy groups -OCH3 is 2. The molecule has 0 aliphatic carbocycles. The Bertz CT molecular complexity index is 1230. The van der Waals surface area contributed by atoms with Crippen LogP contribution in [0.1, 0.15) is 25.0 Å². The molecule has 0 aromatic heterocycles. The number of benzene rings is 2. The van der Waals surface area contributed by atoms with E-state index < -0.39 is 57.9 Å². The molecule has 4 rings (SSSR count). The third kappa shape index (κ3) is 6.92. The largest absolute Gasteiger partial charge is 0.523 e. The third-order valence-electron chi connectivity index (χ3n) is 7.10. The smallest absolute Gasteiger partial charge is 0.374 e. The number of hydrogen-bond acceptors (Lipinski definition) is 10. The maximum absolute atomic E-state index is 13.4. The second kappa shape index (κ2) is 12.6. The molecule has 41 heavy (non-hydrogen) atoms. The second-order valence-corrected chi connectivity index (χ2v) is 11.3. The monoisotopic (exact) mass is 606 g/mol. The first kappa shape index (κ1) is 31.8. The summed E-state index contributed by atoms with van der Waals surface area (Å²) in [6.07, 6.45) is -7.05. The van der Waals surface area contributed by atoms with Crippen LogP contribution in [0.15, 0.2) is 60.7 Å². The maximum atomic E-state index is 13.4. The van der Waals surface area contributed by atoms with Crippen molar-refractivity contribution in [1.82, 2.24) is 0 Å². The van der Waals surface area contributed by atoms with Gasteiger partial charge in [-0.2, -0.15) is 21.6 Å². The van der Waals surface area contributed by atoms with Crippen LogP contribution in [-0.2, 0) is 60.7 Å².